The number of carbonyl (C=O) groups is 2. The topological polar surface area (TPSA) is 154 Å². The molecule has 2 aromatic carbocycles. The number of amides is 1. The van der Waals surface area contributed by atoms with E-state index in [-0.39, 0.29) is 5.91 Å². The van der Waals surface area contributed by atoms with Crippen LogP contribution in [0, 0.1) is 0 Å². The number of aromatic nitrogens is 6. The van der Waals surface area contributed by atoms with Crippen LogP contribution in [0.1, 0.15) is 80.3 Å². The number of nitrogens with one attached hydrogen (secondary N) is 1. The Bertz CT molecular complexity index is 2620. The minimum absolute atomic E-state index is 0.170. The zero-order valence-electron chi connectivity index (χ0n) is 33.7. The normalized spacial score (nSPS) is 11.9. The summed E-state index contributed by atoms with van der Waals surface area (Å²) in [5, 5.41) is 16.9. The van der Waals surface area contributed by atoms with Crippen LogP contribution in [0.4, 0.5) is 10.3 Å². The van der Waals surface area contributed by atoms with Crippen LogP contribution in [0.25, 0.3) is 12.2 Å². The van der Waals surface area contributed by atoms with Crippen molar-refractivity contribution in [2.75, 3.05) is 11.1 Å². The van der Waals surface area contributed by atoms with E-state index in [1.165, 1.54) is 33.8 Å². The molecule has 13 heteroatoms. The molecule has 11 nitrogen and oxygen atoms in total. The van der Waals surface area contributed by atoms with Gasteiger partial charge in [0.2, 0.25) is 0 Å². The van der Waals surface area contributed by atoms with Crippen LogP contribution in [0.3, 0.4) is 0 Å². The minimum atomic E-state index is -0.908. The molecule has 61 heavy (non-hydrogen) atoms. The first-order valence-corrected chi connectivity index (χ1v) is 21.2. The number of benzene rings is 2. The van der Waals surface area contributed by atoms with Crippen molar-refractivity contribution in [1.82, 2.24) is 29.1 Å². The highest BCUT2D eigenvalue weighted by molar-refractivity contribution is 7.14. The van der Waals surface area contributed by atoms with Crippen molar-refractivity contribution in [1.29, 1.82) is 0 Å². The van der Waals surface area contributed by atoms with Gasteiger partial charge in [-0.2, -0.15) is 0 Å². The lowest BCUT2D eigenvalue weighted by Crippen LogP contribution is -2.17. The monoisotopic (exact) mass is 846 g/mol. The fraction of sp³-hybridized carbons (Fsp3) is 0.125. The van der Waals surface area contributed by atoms with Crippen molar-refractivity contribution in [3.05, 3.63) is 214 Å². The predicted octanol–water partition coefficient (Wildman–Crippen LogP) is 10.6. The number of rotatable bonds is 13. The summed E-state index contributed by atoms with van der Waals surface area (Å²) in [5.74, 6) is -0.392. The van der Waals surface area contributed by atoms with Crippen LogP contribution in [0.15, 0.2) is 169 Å². The maximum Gasteiger partial charge on any atom is 0.352 e. The Balaban J connectivity index is 0.000000169. The fourth-order valence-corrected chi connectivity index (χ4v) is 7.26. The fourth-order valence-electron chi connectivity index (χ4n) is 6.05. The number of carboxylic acids is 1. The highest BCUT2D eigenvalue weighted by atomic mass is 32.1. The Labute approximate surface area is 363 Å². The van der Waals surface area contributed by atoms with E-state index in [2.05, 4.69) is 87.7 Å². The number of anilines is 2. The van der Waals surface area contributed by atoms with Gasteiger partial charge < -0.3 is 20.0 Å². The van der Waals surface area contributed by atoms with Crippen molar-refractivity contribution in [2.45, 2.75) is 38.8 Å². The van der Waals surface area contributed by atoms with Crippen molar-refractivity contribution >= 4 is 57.0 Å². The van der Waals surface area contributed by atoms with Gasteiger partial charge in [0.15, 0.2) is 10.3 Å². The van der Waals surface area contributed by atoms with Gasteiger partial charge in [-0.25, -0.2) is 14.8 Å². The molecule has 2 unspecified atom stereocenters. The maximum absolute atomic E-state index is 12.8. The molecule has 1 amide bonds. The third-order valence-corrected chi connectivity index (χ3v) is 10.8. The lowest BCUT2D eigenvalue weighted by Gasteiger charge is -2.08. The van der Waals surface area contributed by atoms with Crippen molar-refractivity contribution in [3.63, 3.8) is 0 Å². The highest BCUT2D eigenvalue weighted by Gasteiger charge is 2.14. The third-order valence-electron chi connectivity index (χ3n) is 9.36. The van der Waals surface area contributed by atoms with Crippen molar-refractivity contribution in [3.8, 4) is 0 Å². The first-order chi connectivity index (χ1) is 29.7. The summed E-state index contributed by atoms with van der Waals surface area (Å²) in [4.78, 5) is 40.2. The predicted molar refractivity (Wildman–Crippen MR) is 247 cm³/mol. The average Bonchev–Trinajstić information content (AvgIpc) is 4.13. The van der Waals surface area contributed by atoms with E-state index >= 15 is 0 Å². The molecule has 0 spiro atoms. The van der Waals surface area contributed by atoms with E-state index in [1.807, 2.05) is 94.3 Å². The third kappa shape index (κ3) is 13.4. The second-order valence-corrected chi connectivity index (χ2v) is 15.6. The van der Waals surface area contributed by atoms with Gasteiger partial charge in [0.25, 0.3) is 5.91 Å². The standard InChI is InChI=1S/C24H22N4OS.C13H14N2S.C11H10N2O2/c1-18(20-6-3-2-4-7-20)9-10-21-17-30-24(26-21)27-23(29)22-8-5-15-28(22)16-19-11-13-25-14-12-19;1-10(11-5-3-2-4-6-11)7-8-12-9-16-13(14)15-12;14-11(15)10-2-1-7-13(10)8-9-3-5-12-6-4-9/h2-15,17-18H,16H2,1H3,(H,26,27,29);2-10H,1H3,(H2,14,15);1-7H,8H2,(H,14,15)/b10-9+;8-7+;. The summed E-state index contributed by atoms with van der Waals surface area (Å²) in [6.45, 7) is 5.48. The Kier molecular flexibility index (Phi) is 15.8. The number of nitrogens with zero attached hydrogens (tertiary/aromatic N) is 6. The Morgan fingerprint density at radius 1 is 0.656 bits per heavy atom. The highest BCUT2D eigenvalue weighted by Crippen LogP contribution is 2.22. The van der Waals surface area contributed by atoms with E-state index in [0.717, 1.165) is 22.5 Å². The lowest BCUT2D eigenvalue weighted by atomic mass is 10.0. The van der Waals surface area contributed by atoms with Crippen molar-refractivity contribution in [2.24, 2.45) is 0 Å². The molecule has 2 atom stereocenters. The minimum Gasteiger partial charge on any atom is -0.477 e. The first-order valence-electron chi connectivity index (χ1n) is 19.5. The van der Waals surface area contributed by atoms with Crippen LogP contribution in [0.2, 0.25) is 0 Å². The van der Waals surface area contributed by atoms with Gasteiger partial charge >= 0.3 is 5.97 Å². The molecular weight excluding hydrogens is 801 g/mol. The molecule has 8 aromatic rings. The van der Waals surface area contributed by atoms with Crippen LogP contribution in [0.5, 0.6) is 0 Å². The van der Waals surface area contributed by atoms with Gasteiger partial charge in [0, 0.05) is 61.0 Å². The molecule has 6 heterocycles. The maximum atomic E-state index is 12.8. The number of thiazole rings is 2. The van der Waals surface area contributed by atoms with Crippen LogP contribution in [-0.2, 0) is 13.1 Å². The molecule has 0 saturated carbocycles. The van der Waals surface area contributed by atoms with Gasteiger partial charge in [-0.3, -0.25) is 20.1 Å². The second-order valence-electron chi connectivity index (χ2n) is 13.8. The molecule has 0 radical (unpaired) electrons. The zero-order chi connectivity index (χ0) is 42.8. The molecule has 0 aliphatic carbocycles. The number of carboxylic acid groups (broad SMARTS) is 1. The molecule has 308 valence electrons. The Morgan fingerprint density at radius 2 is 1.13 bits per heavy atom. The number of allylic oxidation sites excluding steroid dienone is 2. The molecule has 0 fully saturated rings. The summed E-state index contributed by atoms with van der Waals surface area (Å²) < 4.78 is 3.61. The Hall–Kier alpha value is -7.22. The zero-order valence-corrected chi connectivity index (χ0v) is 35.4. The number of aromatic carboxylic acids is 1. The van der Waals surface area contributed by atoms with E-state index in [1.54, 1.807) is 47.7 Å². The Morgan fingerprint density at radius 3 is 1.62 bits per heavy atom. The number of nitrogen functional groups attached to an aromatic ring is 1. The van der Waals surface area contributed by atoms with Crippen LogP contribution in [-0.4, -0.2) is 46.1 Å². The smallest absolute Gasteiger partial charge is 0.352 e. The molecular formula is C48H46N8O3S2. The number of hydrogen-bond donors (Lipinski definition) is 3. The largest absolute Gasteiger partial charge is 0.477 e. The summed E-state index contributed by atoms with van der Waals surface area (Å²) in [6, 6.07) is 35.3. The van der Waals surface area contributed by atoms with E-state index in [0.29, 0.717) is 46.6 Å². The molecule has 0 aliphatic rings. The van der Waals surface area contributed by atoms with Gasteiger partial charge in [0.1, 0.15) is 11.4 Å². The molecule has 0 bridgehead atoms. The summed E-state index contributed by atoms with van der Waals surface area (Å²) >= 11 is 2.89. The molecule has 6 aromatic heterocycles. The summed E-state index contributed by atoms with van der Waals surface area (Å²) in [7, 11) is 0. The van der Waals surface area contributed by atoms with E-state index in [4.69, 9.17) is 10.8 Å². The SMILES string of the molecule is CC(/C=C/c1csc(N)n1)c1ccccc1.CC(/C=C/c1csc(NC(=O)c2cccn2Cc2ccncc2)n1)c1ccccc1.O=C(O)c1cccn1Cc1ccncc1. The first kappa shape index (κ1) is 43.4. The number of carbonyl (C=O) groups excluding carboxylic acids is 1. The number of hydrogen-bond acceptors (Lipinski definition) is 9. The molecule has 0 saturated heterocycles. The summed E-state index contributed by atoms with van der Waals surface area (Å²) in [5.41, 5.74) is 12.9. The molecule has 8 rings (SSSR count). The molecule has 0 aliphatic heterocycles. The lowest BCUT2D eigenvalue weighted by molar-refractivity contribution is 0.0685. The molecule has 4 N–H and O–H groups in total. The van der Waals surface area contributed by atoms with Gasteiger partial charge in [-0.1, -0.05) is 86.7 Å². The number of pyridine rings is 2. The number of nitrogens with two attached hydrogens (primary N) is 1. The van der Waals surface area contributed by atoms with E-state index in [9.17, 15) is 9.59 Å². The summed E-state index contributed by atoms with van der Waals surface area (Å²) in [6.07, 6.45) is 18.8. The van der Waals surface area contributed by atoms with Gasteiger partial charge in [0.05, 0.1) is 11.4 Å². The van der Waals surface area contributed by atoms with Gasteiger partial charge in [-0.15, -0.1) is 22.7 Å². The van der Waals surface area contributed by atoms with Crippen LogP contribution >= 0.6 is 22.7 Å². The van der Waals surface area contributed by atoms with Gasteiger partial charge in [-0.05, 0) is 94.8 Å². The average molecular weight is 847 g/mol. The van der Waals surface area contributed by atoms with E-state index < -0.39 is 5.97 Å². The van der Waals surface area contributed by atoms with Crippen molar-refractivity contribution < 1.29 is 14.7 Å². The quantitative estimate of drug-likeness (QED) is 0.104. The second kappa shape index (κ2) is 22.2. The van der Waals surface area contributed by atoms with Crippen LogP contribution < -0.4 is 11.1 Å².